The molecule has 0 aliphatic carbocycles. The summed E-state index contributed by atoms with van der Waals surface area (Å²) >= 11 is 0. The van der Waals surface area contributed by atoms with Crippen molar-refractivity contribution in [3.8, 4) is 33.4 Å². The Morgan fingerprint density at radius 2 is 0.917 bits per heavy atom. The summed E-state index contributed by atoms with van der Waals surface area (Å²) in [4.78, 5) is 2.40. The SMILES string of the molecule is c1ccc(-c2ccccc2N(c2ccc(-c3ccc4ccccc4c3)cc2)c2ccccc2-c2ccc3oc4ccccc4c3c2)cc1. The van der Waals surface area contributed by atoms with Crippen LogP contribution in [0.15, 0.2) is 192 Å². The number of hydrogen-bond acceptors (Lipinski definition) is 2. The fourth-order valence-corrected chi connectivity index (χ4v) is 6.92. The molecule has 0 unspecified atom stereocenters. The summed E-state index contributed by atoms with van der Waals surface area (Å²) in [7, 11) is 0. The zero-order chi connectivity index (χ0) is 31.9. The third-order valence-corrected chi connectivity index (χ3v) is 9.27. The molecule has 0 aliphatic rings. The summed E-state index contributed by atoms with van der Waals surface area (Å²) < 4.78 is 6.19. The molecule has 9 aromatic rings. The second kappa shape index (κ2) is 11.8. The molecule has 48 heavy (non-hydrogen) atoms. The molecule has 1 heterocycles. The number of rotatable bonds is 6. The van der Waals surface area contributed by atoms with Crippen LogP contribution in [0.1, 0.15) is 0 Å². The van der Waals surface area contributed by atoms with Gasteiger partial charge in [0, 0.05) is 27.6 Å². The highest BCUT2D eigenvalue weighted by atomic mass is 16.3. The molecule has 0 bridgehead atoms. The van der Waals surface area contributed by atoms with E-state index in [1.807, 2.05) is 12.1 Å². The predicted molar refractivity (Wildman–Crippen MR) is 202 cm³/mol. The molecule has 2 nitrogen and oxygen atoms in total. The molecule has 0 fully saturated rings. The first-order valence-electron chi connectivity index (χ1n) is 16.3. The van der Waals surface area contributed by atoms with E-state index in [4.69, 9.17) is 4.42 Å². The monoisotopic (exact) mass is 613 g/mol. The van der Waals surface area contributed by atoms with Crippen LogP contribution in [-0.2, 0) is 0 Å². The lowest BCUT2D eigenvalue weighted by atomic mass is 9.97. The molecule has 0 radical (unpaired) electrons. The Kier molecular flexibility index (Phi) is 6.84. The average Bonchev–Trinajstić information content (AvgIpc) is 3.54. The van der Waals surface area contributed by atoms with Crippen LogP contribution in [0.3, 0.4) is 0 Å². The molecule has 0 saturated heterocycles. The Balaban J connectivity index is 1.22. The first-order valence-corrected chi connectivity index (χ1v) is 16.3. The van der Waals surface area contributed by atoms with Gasteiger partial charge in [-0.15, -0.1) is 0 Å². The van der Waals surface area contributed by atoms with E-state index in [0.717, 1.165) is 50.1 Å². The van der Waals surface area contributed by atoms with Crippen molar-refractivity contribution in [3.05, 3.63) is 188 Å². The van der Waals surface area contributed by atoms with E-state index in [-0.39, 0.29) is 0 Å². The zero-order valence-corrected chi connectivity index (χ0v) is 26.3. The molecular formula is C46H31NO. The summed E-state index contributed by atoms with van der Waals surface area (Å²) in [6.07, 6.45) is 0. The molecule has 8 aromatic carbocycles. The lowest BCUT2D eigenvalue weighted by Gasteiger charge is -2.30. The van der Waals surface area contributed by atoms with Gasteiger partial charge in [0.2, 0.25) is 0 Å². The summed E-state index contributed by atoms with van der Waals surface area (Å²) in [6, 6.07) is 67.0. The number of hydrogen-bond donors (Lipinski definition) is 0. The molecule has 0 aliphatic heterocycles. The van der Waals surface area contributed by atoms with Gasteiger partial charge >= 0.3 is 0 Å². The maximum absolute atomic E-state index is 6.19. The second-order valence-corrected chi connectivity index (χ2v) is 12.2. The van der Waals surface area contributed by atoms with Gasteiger partial charge in [0.25, 0.3) is 0 Å². The van der Waals surface area contributed by atoms with Gasteiger partial charge in [0.05, 0.1) is 11.4 Å². The lowest BCUT2D eigenvalue weighted by Crippen LogP contribution is -2.12. The van der Waals surface area contributed by atoms with Gasteiger partial charge in [-0.3, -0.25) is 0 Å². The van der Waals surface area contributed by atoms with Crippen LogP contribution in [-0.4, -0.2) is 0 Å². The number of nitrogens with zero attached hydrogens (tertiary/aromatic N) is 1. The van der Waals surface area contributed by atoms with Crippen LogP contribution in [0.4, 0.5) is 17.1 Å². The quantitative estimate of drug-likeness (QED) is 0.185. The Labute approximate surface area is 279 Å². The second-order valence-electron chi connectivity index (χ2n) is 12.2. The maximum Gasteiger partial charge on any atom is 0.135 e. The van der Waals surface area contributed by atoms with Gasteiger partial charge in [-0.05, 0) is 81.6 Å². The fourth-order valence-electron chi connectivity index (χ4n) is 6.92. The van der Waals surface area contributed by atoms with E-state index in [1.54, 1.807) is 0 Å². The summed E-state index contributed by atoms with van der Waals surface area (Å²) in [5.74, 6) is 0. The van der Waals surface area contributed by atoms with Gasteiger partial charge in [0.15, 0.2) is 0 Å². The van der Waals surface area contributed by atoms with Crippen LogP contribution in [0.25, 0.3) is 66.1 Å². The van der Waals surface area contributed by atoms with Crippen LogP contribution in [0, 0.1) is 0 Å². The van der Waals surface area contributed by atoms with Gasteiger partial charge < -0.3 is 9.32 Å². The number of benzene rings is 8. The molecule has 0 atom stereocenters. The molecule has 0 N–H and O–H groups in total. The van der Waals surface area contributed by atoms with Crippen molar-refractivity contribution in [1.82, 2.24) is 0 Å². The third-order valence-electron chi connectivity index (χ3n) is 9.27. The minimum atomic E-state index is 0.896. The molecule has 2 heteroatoms. The van der Waals surface area contributed by atoms with Gasteiger partial charge in [-0.1, -0.05) is 140 Å². The maximum atomic E-state index is 6.19. The highest BCUT2D eigenvalue weighted by Crippen LogP contribution is 2.45. The van der Waals surface area contributed by atoms with Crippen molar-refractivity contribution in [3.63, 3.8) is 0 Å². The van der Waals surface area contributed by atoms with Gasteiger partial charge in [-0.25, -0.2) is 0 Å². The van der Waals surface area contributed by atoms with E-state index in [1.165, 1.54) is 33.0 Å². The Morgan fingerprint density at radius 1 is 0.333 bits per heavy atom. The summed E-state index contributed by atoms with van der Waals surface area (Å²) in [5, 5.41) is 4.74. The van der Waals surface area contributed by atoms with Gasteiger partial charge in [0.1, 0.15) is 11.2 Å². The smallest absolute Gasteiger partial charge is 0.135 e. The Bertz CT molecular complexity index is 2560. The minimum Gasteiger partial charge on any atom is -0.456 e. The van der Waals surface area contributed by atoms with E-state index in [9.17, 15) is 0 Å². The number of anilines is 3. The minimum absolute atomic E-state index is 0.896. The molecule has 226 valence electrons. The van der Waals surface area contributed by atoms with Crippen LogP contribution < -0.4 is 4.90 Å². The lowest BCUT2D eigenvalue weighted by molar-refractivity contribution is 0.669. The van der Waals surface area contributed by atoms with E-state index >= 15 is 0 Å². The fraction of sp³-hybridized carbons (Fsp3) is 0. The molecular weight excluding hydrogens is 583 g/mol. The van der Waals surface area contributed by atoms with Crippen LogP contribution >= 0.6 is 0 Å². The first kappa shape index (κ1) is 27.9. The Hall–Kier alpha value is -6.38. The van der Waals surface area contributed by atoms with E-state index in [0.29, 0.717) is 0 Å². The normalized spacial score (nSPS) is 11.3. The molecule has 0 spiro atoms. The number of furan rings is 1. The third kappa shape index (κ3) is 4.92. The van der Waals surface area contributed by atoms with Crippen LogP contribution in [0.5, 0.6) is 0 Å². The van der Waals surface area contributed by atoms with Gasteiger partial charge in [-0.2, -0.15) is 0 Å². The number of para-hydroxylation sites is 3. The molecule has 1 aromatic heterocycles. The standard InChI is InChI=1S/C46H31NO/c1-2-13-34(14-3-1)39-16-6-9-19-43(39)47(38-27-24-33(25-28-38)36-23-22-32-12-4-5-15-35(32)30-36)44-20-10-7-17-40(44)37-26-29-46-42(31-37)41-18-8-11-21-45(41)48-46/h1-31H. The van der Waals surface area contributed by atoms with E-state index in [2.05, 4.69) is 181 Å². The van der Waals surface area contributed by atoms with Crippen molar-refractivity contribution in [2.75, 3.05) is 4.90 Å². The highest BCUT2D eigenvalue weighted by Gasteiger charge is 2.21. The number of fused-ring (bicyclic) bond motifs is 4. The summed E-state index contributed by atoms with van der Waals surface area (Å²) in [6.45, 7) is 0. The molecule has 0 amide bonds. The van der Waals surface area contributed by atoms with Crippen molar-refractivity contribution in [2.45, 2.75) is 0 Å². The van der Waals surface area contributed by atoms with Crippen molar-refractivity contribution < 1.29 is 4.42 Å². The highest BCUT2D eigenvalue weighted by molar-refractivity contribution is 6.07. The van der Waals surface area contributed by atoms with Crippen LogP contribution in [0.2, 0.25) is 0 Å². The topological polar surface area (TPSA) is 16.4 Å². The summed E-state index contributed by atoms with van der Waals surface area (Å²) in [5.41, 5.74) is 12.1. The van der Waals surface area contributed by atoms with E-state index < -0.39 is 0 Å². The average molecular weight is 614 g/mol. The molecule has 9 rings (SSSR count). The largest absolute Gasteiger partial charge is 0.456 e. The Morgan fingerprint density at radius 3 is 1.71 bits per heavy atom. The van der Waals surface area contributed by atoms with Crippen molar-refractivity contribution in [2.24, 2.45) is 0 Å². The molecule has 0 saturated carbocycles. The van der Waals surface area contributed by atoms with Crippen molar-refractivity contribution in [1.29, 1.82) is 0 Å². The first-order chi connectivity index (χ1) is 23.8. The predicted octanol–water partition coefficient (Wildman–Crippen LogP) is 13.2. The zero-order valence-electron chi connectivity index (χ0n) is 26.3. The van der Waals surface area contributed by atoms with Crippen molar-refractivity contribution >= 4 is 49.8 Å².